The van der Waals surface area contributed by atoms with Gasteiger partial charge in [-0.05, 0) is 76.2 Å². The van der Waals surface area contributed by atoms with Gasteiger partial charge >= 0.3 is 0 Å². The average Bonchev–Trinajstić information content (AvgIpc) is 2.93. The predicted molar refractivity (Wildman–Crippen MR) is 119 cm³/mol. The third-order valence-electron chi connectivity index (χ3n) is 6.66. The first-order valence-electron chi connectivity index (χ1n) is 11.6. The van der Waals surface area contributed by atoms with Crippen molar-refractivity contribution in [3.63, 3.8) is 0 Å². The molecule has 30 heavy (non-hydrogen) atoms. The number of carbonyl (C=O) groups excluding carboxylic acids is 1. The first kappa shape index (κ1) is 21.3. The highest BCUT2D eigenvalue weighted by Gasteiger charge is 2.25. The molecule has 2 aliphatic heterocycles. The second kappa shape index (κ2) is 9.92. The zero-order chi connectivity index (χ0) is 20.9. The Labute approximate surface area is 180 Å². The number of amides is 1. The van der Waals surface area contributed by atoms with E-state index in [2.05, 4.69) is 41.6 Å². The quantitative estimate of drug-likeness (QED) is 0.722. The van der Waals surface area contributed by atoms with Gasteiger partial charge in [-0.15, -0.1) is 0 Å². The van der Waals surface area contributed by atoms with E-state index in [0.717, 1.165) is 69.5 Å². The van der Waals surface area contributed by atoms with Gasteiger partial charge < -0.3 is 18.9 Å². The van der Waals surface area contributed by atoms with Gasteiger partial charge in [0.05, 0.1) is 5.69 Å². The molecular formula is C24H36N4O2. The van der Waals surface area contributed by atoms with Crippen molar-refractivity contribution in [1.82, 2.24) is 19.2 Å². The molecule has 2 saturated heterocycles. The Balaban J connectivity index is 1.53. The molecule has 0 N–H and O–H groups in total. The van der Waals surface area contributed by atoms with Crippen LogP contribution in [-0.4, -0.2) is 65.0 Å². The number of aromatic nitrogens is 2. The summed E-state index contributed by atoms with van der Waals surface area (Å²) >= 11 is 0. The number of ether oxygens (including phenoxy) is 1. The Kier molecular flexibility index (Phi) is 7.05. The highest BCUT2D eigenvalue weighted by atomic mass is 16.5. The van der Waals surface area contributed by atoms with Crippen molar-refractivity contribution >= 4 is 11.6 Å². The third kappa shape index (κ3) is 5.03. The second-order valence-electron chi connectivity index (χ2n) is 9.13. The van der Waals surface area contributed by atoms with Gasteiger partial charge in [0.15, 0.2) is 5.69 Å². The van der Waals surface area contributed by atoms with Gasteiger partial charge in [0, 0.05) is 39.0 Å². The van der Waals surface area contributed by atoms with E-state index in [9.17, 15) is 4.79 Å². The Morgan fingerprint density at radius 2 is 1.93 bits per heavy atom. The van der Waals surface area contributed by atoms with E-state index < -0.39 is 0 Å². The lowest BCUT2D eigenvalue weighted by molar-refractivity contribution is 0.0606. The molecule has 2 aromatic rings. The molecule has 2 fully saturated rings. The number of carbonyl (C=O) groups is 1. The van der Waals surface area contributed by atoms with Gasteiger partial charge in [-0.2, -0.15) is 0 Å². The molecule has 0 unspecified atom stereocenters. The number of rotatable bonds is 6. The number of hydrogen-bond acceptors (Lipinski definition) is 4. The minimum Gasteiger partial charge on any atom is -0.381 e. The fraction of sp³-hybridized carbons (Fsp3) is 0.667. The molecule has 164 valence electrons. The largest absolute Gasteiger partial charge is 0.381 e. The minimum absolute atomic E-state index is 0.103. The fourth-order valence-corrected chi connectivity index (χ4v) is 4.72. The van der Waals surface area contributed by atoms with Gasteiger partial charge in [0.2, 0.25) is 0 Å². The van der Waals surface area contributed by atoms with Crippen LogP contribution in [0.25, 0.3) is 5.65 Å². The maximum Gasteiger partial charge on any atom is 0.274 e. The van der Waals surface area contributed by atoms with Crippen LogP contribution in [0.4, 0.5) is 0 Å². The number of nitrogens with zero attached hydrogens (tertiary/aromatic N) is 4. The molecule has 6 heteroatoms. The summed E-state index contributed by atoms with van der Waals surface area (Å²) < 4.78 is 7.60. The van der Waals surface area contributed by atoms with Gasteiger partial charge in [0.25, 0.3) is 5.91 Å². The number of hydrogen-bond donors (Lipinski definition) is 0. The van der Waals surface area contributed by atoms with Crippen LogP contribution in [0.2, 0.25) is 0 Å². The van der Waals surface area contributed by atoms with Crippen LogP contribution in [0.15, 0.2) is 18.3 Å². The third-order valence-corrected chi connectivity index (χ3v) is 6.66. The van der Waals surface area contributed by atoms with Crippen molar-refractivity contribution < 1.29 is 9.53 Å². The summed E-state index contributed by atoms with van der Waals surface area (Å²) in [6.07, 6.45) is 10.2. The summed E-state index contributed by atoms with van der Waals surface area (Å²) in [5, 5.41) is 0. The SMILES string of the molecule is Cc1ccn2c(CN(C)CCC3CCOCC3)c(C(=O)N3CCCCCC3)nc2c1. The van der Waals surface area contributed by atoms with Crippen molar-refractivity contribution in [2.75, 3.05) is 39.9 Å². The predicted octanol–water partition coefficient (Wildman–Crippen LogP) is 3.91. The van der Waals surface area contributed by atoms with E-state index in [-0.39, 0.29) is 5.91 Å². The van der Waals surface area contributed by atoms with Gasteiger partial charge in [-0.3, -0.25) is 4.79 Å². The summed E-state index contributed by atoms with van der Waals surface area (Å²) in [5.41, 5.74) is 3.70. The first-order valence-corrected chi connectivity index (χ1v) is 11.6. The highest BCUT2D eigenvalue weighted by Crippen LogP contribution is 2.22. The zero-order valence-electron chi connectivity index (χ0n) is 18.6. The van der Waals surface area contributed by atoms with Crippen LogP contribution in [0, 0.1) is 12.8 Å². The van der Waals surface area contributed by atoms with Crippen molar-refractivity contribution in [3.05, 3.63) is 35.3 Å². The molecule has 2 aliphatic rings. The lowest BCUT2D eigenvalue weighted by Gasteiger charge is -2.25. The van der Waals surface area contributed by atoms with Crippen LogP contribution >= 0.6 is 0 Å². The van der Waals surface area contributed by atoms with E-state index in [1.807, 2.05) is 4.90 Å². The Morgan fingerprint density at radius 3 is 2.67 bits per heavy atom. The molecule has 6 nitrogen and oxygen atoms in total. The number of pyridine rings is 1. The summed E-state index contributed by atoms with van der Waals surface area (Å²) in [4.78, 5) is 22.6. The van der Waals surface area contributed by atoms with Crippen LogP contribution in [0.5, 0.6) is 0 Å². The Morgan fingerprint density at radius 1 is 1.20 bits per heavy atom. The molecule has 0 radical (unpaired) electrons. The fourth-order valence-electron chi connectivity index (χ4n) is 4.72. The standard InChI is InChI=1S/C24H36N4O2/c1-19-7-14-28-21(18-26(2)13-8-20-9-15-30-16-10-20)23(25-22(28)17-19)24(29)27-11-5-3-4-6-12-27/h7,14,17,20H,3-6,8-13,15-16,18H2,1-2H3. The normalized spacial score (nSPS) is 18.8. The smallest absolute Gasteiger partial charge is 0.274 e. The van der Waals surface area contributed by atoms with Gasteiger partial charge in [-0.1, -0.05) is 12.8 Å². The van der Waals surface area contributed by atoms with E-state index in [1.165, 1.54) is 37.7 Å². The molecule has 2 aromatic heterocycles. The molecule has 0 saturated carbocycles. The topological polar surface area (TPSA) is 50.1 Å². The lowest BCUT2D eigenvalue weighted by Crippen LogP contribution is -2.33. The maximum absolute atomic E-state index is 13.4. The zero-order valence-corrected chi connectivity index (χ0v) is 18.6. The summed E-state index contributed by atoms with van der Waals surface area (Å²) in [6, 6.07) is 4.17. The molecular weight excluding hydrogens is 376 g/mol. The molecule has 4 heterocycles. The number of imidazole rings is 1. The van der Waals surface area contributed by atoms with Crippen LogP contribution in [0.1, 0.15) is 66.7 Å². The average molecular weight is 413 g/mol. The molecule has 1 amide bonds. The monoisotopic (exact) mass is 412 g/mol. The molecule has 0 atom stereocenters. The Bertz CT molecular complexity index is 848. The van der Waals surface area contributed by atoms with E-state index in [0.29, 0.717) is 5.69 Å². The van der Waals surface area contributed by atoms with Crippen LogP contribution in [0.3, 0.4) is 0 Å². The molecule has 0 bridgehead atoms. The maximum atomic E-state index is 13.4. The molecule has 0 spiro atoms. The number of fused-ring (bicyclic) bond motifs is 1. The summed E-state index contributed by atoms with van der Waals surface area (Å²) in [7, 11) is 2.16. The Hall–Kier alpha value is -1.92. The van der Waals surface area contributed by atoms with E-state index in [1.54, 1.807) is 0 Å². The molecule has 4 rings (SSSR count). The van der Waals surface area contributed by atoms with Gasteiger partial charge in [0.1, 0.15) is 5.65 Å². The number of aryl methyl sites for hydroxylation is 1. The first-order chi connectivity index (χ1) is 14.6. The van der Waals surface area contributed by atoms with Gasteiger partial charge in [-0.25, -0.2) is 4.98 Å². The van der Waals surface area contributed by atoms with Crippen LogP contribution in [-0.2, 0) is 11.3 Å². The van der Waals surface area contributed by atoms with Crippen LogP contribution < -0.4 is 0 Å². The van der Waals surface area contributed by atoms with E-state index >= 15 is 0 Å². The minimum atomic E-state index is 0.103. The van der Waals surface area contributed by atoms with E-state index in [4.69, 9.17) is 9.72 Å². The summed E-state index contributed by atoms with van der Waals surface area (Å²) in [5.74, 6) is 0.857. The summed E-state index contributed by atoms with van der Waals surface area (Å²) in [6.45, 7) is 7.34. The molecule has 0 aromatic carbocycles. The molecule has 0 aliphatic carbocycles. The second-order valence-corrected chi connectivity index (χ2v) is 9.13. The van der Waals surface area contributed by atoms with Crippen molar-refractivity contribution in [1.29, 1.82) is 0 Å². The van der Waals surface area contributed by atoms with Crippen molar-refractivity contribution in [2.24, 2.45) is 5.92 Å². The number of likely N-dealkylation sites (tertiary alicyclic amines) is 1. The van der Waals surface area contributed by atoms with Crippen molar-refractivity contribution in [2.45, 2.75) is 58.4 Å². The highest BCUT2D eigenvalue weighted by molar-refractivity contribution is 5.94. The lowest BCUT2D eigenvalue weighted by atomic mass is 9.96. The van der Waals surface area contributed by atoms with Crippen molar-refractivity contribution in [3.8, 4) is 0 Å².